The number of carboxylic acids is 1. The molecule has 0 bridgehead atoms. The summed E-state index contributed by atoms with van der Waals surface area (Å²) in [5.41, 5.74) is 0.0564. The van der Waals surface area contributed by atoms with Crippen LogP contribution in [0, 0.1) is 5.82 Å². The smallest absolute Gasteiger partial charge is 0.346 e. The Morgan fingerprint density at radius 1 is 1.43 bits per heavy atom. The SMILES string of the molecule is CCC(C)S(=O)(=O)Cc1c(C(=O)O)sc2cccc(F)c12. The van der Waals surface area contributed by atoms with Gasteiger partial charge in [-0.2, -0.15) is 0 Å². The van der Waals surface area contributed by atoms with Crippen molar-refractivity contribution in [3.63, 3.8) is 0 Å². The Hall–Kier alpha value is -1.47. The Morgan fingerprint density at radius 2 is 2.10 bits per heavy atom. The molecule has 0 saturated heterocycles. The van der Waals surface area contributed by atoms with Gasteiger partial charge in [-0.25, -0.2) is 17.6 Å². The van der Waals surface area contributed by atoms with Gasteiger partial charge in [-0.1, -0.05) is 13.0 Å². The third-order valence-electron chi connectivity index (χ3n) is 3.49. The summed E-state index contributed by atoms with van der Waals surface area (Å²) in [7, 11) is -3.52. The lowest BCUT2D eigenvalue weighted by Gasteiger charge is -2.11. The lowest BCUT2D eigenvalue weighted by atomic mass is 10.1. The van der Waals surface area contributed by atoms with Crippen molar-refractivity contribution in [2.75, 3.05) is 0 Å². The Morgan fingerprint density at radius 3 is 2.67 bits per heavy atom. The third kappa shape index (κ3) is 2.94. The predicted octanol–water partition coefficient (Wildman–Crippen LogP) is 3.45. The van der Waals surface area contributed by atoms with E-state index in [9.17, 15) is 22.7 Å². The van der Waals surface area contributed by atoms with Gasteiger partial charge in [0.05, 0.1) is 11.0 Å². The number of carboxylic acid groups (broad SMARTS) is 1. The molecule has 0 aliphatic carbocycles. The van der Waals surface area contributed by atoms with E-state index in [1.807, 2.05) is 0 Å². The molecule has 0 aliphatic rings. The topological polar surface area (TPSA) is 71.4 Å². The number of rotatable bonds is 5. The van der Waals surface area contributed by atoms with Crippen LogP contribution in [0.25, 0.3) is 10.1 Å². The third-order valence-corrected chi connectivity index (χ3v) is 6.93. The van der Waals surface area contributed by atoms with Crippen molar-refractivity contribution in [2.24, 2.45) is 0 Å². The number of aromatic carboxylic acids is 1. The van der Waals surface area contributed by atoms with E-state index >= 15 is 0 Å². The normalized spacial score (nSPS) is 13.5. The van der Waals surface area contributed by atoms with Crippen LogP contribution in [-0.2, 0) is 15.6 Å². The Labute approximate surface area is 126 Å². The summed E-state index contributed by atoms with van der Waals surface area (Å²) in [6, 6.07) is 4.28. The van der Waals surface area contributed by atoms with E-state index in [4.69, 9.17) is 0 Å². The fourth-order valence-electron chi connectivity index (χ4n) is 2.08. The summed E-state index contributed by atoms with van der Waals surface area (Å²) in [6.45, 7) is 3.31. The zero-order valence-corrected chi connectivity index (χ0v) is 13.2. The number of carbonyl (C=O) groups is 1. The Bertz CT molecular complexity index is 793. The van der Waals surface area contributed by atoms with Crippen molar-refractivity contribution in [1.29, 1.82) is 0 Å². The standard InChI is InChI=1S/C14H15FO4S2/c1-3-8(2)21(18,19)7-9-12-10(15)5-4-6-11(12)20-13(9)14(16)17/h4-6,8H,3,7H2,1-2H3,(H,16,17). The number of thiophene rings is 1. The van der Waals surface area contributed by atoms with Crippen LogP contribution < -0.4 is 0 Å². The van der Waals surface area contributed by atoms with Gasteiger partial charge in [0.1, 0.15) is 10.7 Å². The molecule has 7 heteroatoms. The first-order valence-corrected chi connectivity index (χ1v) is 8.95. The minimum absolute atomic E-state index is 0.0564. The van der Waals surface area contributed by atoms with Gasteiger partial charge in [0.25, 0.3) is 0 Å². The number of benzene rings is 1. The molecule has 2 rings (SSSR count). The van der Waals surface area contributed by atoms with E-state index in [2.05, 4.69) is 0 Å². The second-order valence-electron chi connectivity index (χ2n) is 4.85. The monoisotopic (exact) mass is 330 g/mol. The van der Waals surface area contributed by atoms with Crippen molar-refractivity contribution in [1.82, 2.24) is 0 Å². The lowest BCUT2D eigenvalue weighted by molar-refractivity contribution is 0.0701. The molecule has 0 saturated carbocycles. The van der Waals surface area contributed by atoms with Crippen LogP contribution in [0.15, 0.2) is 18.2 Å². The van der Waals surface area contributed by atoms with E-state index in [0.717, 1.165) is 11.3 Å². The number of halogens is 1. The van der Waals surface area contributed by atoms with Crippen LogP contribution in [0.3, 0.4) is 0 Å². The molecule has 21 heavy (non-hydrogen) atoms. The second kappa shape index (κ2) is 5.73. The van der Waals surface area contributed by atoms with Gasteiger partial charge >= 0.3 is 5.97 Å². The van der Waals surface area contributed by atoms with Crippen molar-refractivity contribution in [2.45, 2.75) is 31.3 Å². The van der Waals surface area contributed by atoms with Gasteiger partial charge < -0.3 is 5.11 Å². The van der Waals surface area contributed by atoms with E-state index < -0.39 is 32.6 Å². The van der Waals surface area contributed by atoms with Gasteiger partial charge in [0.15, 0.2) is 9.84 Å². The summed E-state index contributed by atoms with van der Waals surface area (Å²) in [5, 5.41) is 8.75. The summed E-state index contributed by atoms with van der Waals surface area (Å²) < 4.78 is 38.9. The minimum atomic E-state index is -3.52. The van der Waals surface area contributed by atoms with E-state index in [-0.39, 0.29) is 15.8 Å². The molecule has 114 valence electrons. The first kappa shape index (κ1) is 15.9. The largest absolute Gasteiger partial charge is 0.477 e. The summed E-state index contributed by atoms with van der Waals surface area (Å²) in [6.07, 6.45) is 0.426. The molecule has 0 fully saturated rings. The van der Waals surface area contributed by atoms with Gasteiger partial charge in [-0.15, -0.1) is 11.3 Å². The molecule has 1 aromatic carbocycles. The summed E-state index contributed by atoms with van der Waals surface area (Å²) in [4.78, 5) is 11.2. The molecule has 0 aliphatic heterocycles. The molecule has 0 amide bonds. The van der Waals surface area contributed by atoms with Crippen molar-refractivity contribution >= 4 is 37.2 Å². The van der Waals surface area contributed by atoms with Crippen molar-refractivity contribution in [3.05, 3.63) is 34.5 Å². The minimum Gasteiger partial charge on any atom is -0.477 e. The molecule has 1 aromatic heterocycles. The quantitative estimate of drug-likeness (QED) is 0.911. The van der Waals surface area contributed by atoms with E-state index in [1.165, 1.54) is 12.1 Å². The average molecular weight is 330 g/mol. The fraction of sp³-hybridized carbons (Fsp3) is 0.357. The fourth-order valence-corrected chi connectivity index (χ4v) is 4.72. The van der Waals surface area contributed by atoms with Crippen LogP contribution in [0.2, 0.25) is 0 Å². The first-order valence-electron chi connectivity index (χ1n) is 6.42. The predicted molar refractivity (Wildman–Crippen MR) is 81.1 cm³/mol. The first-order chi connectivity index (χ1) is 9.77. The Kier molecular flexibility index (Phi) is 4.34. The highest BCUT2D eigenvalue weighted by atomic mass is 32.2. The number of hydrogen-bond donors (Lipinski definition) is 1. The van der Waals surface area contributed by atoms with Gasteiger partial charge in [0.2, 0.25) is 0 Å². The summed E-state index contributed by atoms with van der Waals surface area (Å²) in [5.74, 6) is -2.28. The van der Waals surface area contributed by atoms with Crippen LogP contribution >= 0.6 is 11.3 Å². The molecule has 2 aromatic rings. The maximum atomic E-state index is 14.0. The highest BCUT2D eigenvalue weighted by Gasteiger charge is 2.27. The summed E-state index contributed by atoms with van der Waals surface area (Å²) >= 11 is 0.902. The highest BCUT2D eigenvalue weighted by Crippen LogP contribution is 2.35. The zero-order chi connectivity index (χ0) is 15.8. The molecule has 1 unspecified atom stereocenters. The van der Waals surface area contributed by atoms with E-state index in [1.54, 1.807) is 19.9 Å². The molecular weight excluding hydrogens is 315 g/mol. The maximum Gasteiger partial charge on any atom is 0.346 e. The van der Waals surface area contributed by atoms with Gasteiger partial charge in [0, 0.05) is 15.6 Å². The average Bonchev–Trinajstić information content (AvgIpc) is 2.77. The van der Waals surface area contributed by atoms with Crippen LogP contribution in [0.1, 0.15) is 35.5 Å². The molecule has 0 spiro atoms. The van der Waals surface area contributed by atoms with Crippen LogP contribution in [0.5, 0.6) is 0 Å². The molecule has 1 heterocycles. The van der Waals surface area contributed by atoms with Gasteiger partial charge in [-0.05, 0) is 25.5 Å². The molecule has 1 N–H and O–H groups in total. The van der Waals surface area contributed by atoms with Crippen LogP contribution in [0.4, 0.5) is 4.39 Å². The zero-order valence-electron chi connectivity index (χ0n) is 11.6. The molecule has 0 radical (unpaired) electrons. The number of hydrogen-bond acceptors (Lipinski definition) is 4. The highest BCUT2D eigenvalue weighted by molar-refractivity contribution is 7.91. The molecular formula is C14H15FO4S2. The lowest BCUT2D eigenvalue weighted by Crippen LogP contribution is -2.19. The van der Waals surface area contributed by atoms with Crippen LogP contribution in [-0.4, -0.2) is 24.7 Å². The van der Waals surface area contributed by atoms with Gasteiger partial charge in [-0.3, -0.25) is 0 Å². The van der Waals surface area contributed by atoms with Crippen molar-refractivity contribution in [3.8, 4) is 0 Å². The number of fused-ring (bicyclic) bond motifs is 1. The Balaban J connectivity index is 2.67. The van der Waals surface area contributed by atoms with E-state index in [0.29, 0.717) is 11.1 Å². The second-order valence-corrected chi connectivity index (χ2v) is 8.33. The maximum absolute atomic E-state index is 14.0. The van der Waals surface area contributed by atoms with Crippen molar-refractivity contribution < 1.29 is 22.7 Å². The number of sulfone groups is 1. The molecule has 4 nitrogen and oxygen atoms in total. The molecule has 1 atom stereocenters.